The van der Waals surface area contributed by atoms with Gasteiger partial charge in [0.25, 0.3) is 0 Å². The lowest BCUT2D eigenvalue weighted by Crippen LogP contribution is -2.20. The quantitative estimate of drug-likeness (QED) is 0.691. The minimum atomic E-state index is -0.113. The molecule has 1 N–H and O–H groups in total. The molecule has 0 aliphatic heterocycles. The maximum absolute atomic E-state index is 11.2. The molecule has 0 amide bonds. The Morgan fingerprint density at radius 2 is 2.07 bits per heavy atom. The first kappa shape index (κ1) is 11.5. The van der Waals surface area contributed by atoms with Crippen molar-refractivity contribution in [3.63, 3.8) is 0 Å². The molecular formula is C11H21NO2. The number of hydrogen-bond donors (Lipinski definition) is 1. The molecule has 0 spiro atoms. The zero-order valence-corrected chi connectivity index (χ0v) is 9.05. The van der Waals surface area contributed by atoms with Gasteiger partial charge in [-0.2, -0.15) is 5.48 Å². The molecule has 3 heteroatoms. The third kappa shape index (κ3) is 4.61. The summed E-state index contributed by atoms with van der Waals surface area (Å²) in [4.78, 5) is 16.0. The third-order valence-electron chi connectivity index (χ3n) is 2.81. The first-order chi connectivity index (χ1) is 6.83. The van der Waals surface area contributed by atoms with Gasteiger partial charge in [-0.25, -0.2) is 0 Å². The minimum absolute atomic E-state index is 0.113. The van der Waals surface area contributed by atoms with E-state index >= 15 is 0 Å². The molecule has 0 aromatic carbocycles. The number of nitrogens with one attached hydrogen (secondary N) is 1. The van der Waals surface area contributed by atoms with Crippen molar-refractivity contribution in [3.05, 3.63) is 0 Å². The van der Waals surface area contributed by atoms with Crippen LogP contribution >= 0.6 is 0 Å². The van der Waals surface area contributed by atoms with E-state index < -0.39 is 0 Å². The van der Waals surface area contributed by atoms with E-state index in [0.29, 0.717) is 13.0 Å². The molecule has 3 nitrogen and oxygen atoms in total. The normalized spacial score (nSPS) is 18.1. The van der Waals surface area contributed by atoms with Crippen LogP contribution in [0.4, 0.5) is 0 Å². The van der Waals surface area contributed by atoms with Crippen molar-refractivity contribution in [2.45, 2.75) is 51.9 Å². The van der Waals surface area contributed by atoms with E-state index in [1.165, 1.54) is 32.1 Å². The van der Waals surface area contributed by atoms with Gasteiger partial charge >= 0.3 is 5.97 Å². The Labute approximate surface area is 86.2 Å². The van der Waals surface area contributed by atoms with E-state index in [0.717, 1.165) is 12.3 Å². The second kappa shape index (κ2) is 6.82. The molecule has 0 bridgehead atoms. The first-order valence-electron chi connectivity index (χ1n) is 5.75. The lowest BCUT2D eigenvalue weighted by molar-refractivity contribution is -0.151. The average molecular weight is 199 g/mol. The summed E-state index contributed by atoms with van der Waals surface area (Å²) in [7, 11) is 0. The van der Waals surface area contributed by atoms with Gasteiger partial charge < -0.3 is 4.84 Å². The summed E-state index contributed by atoms with van der Waals surface area (Å²) in [6, 6.07) is 0. The van der Waals surface area contributed by atoms with Crippen molar-refractivity contribution in [1.29, 1.82) is 0 Å². The first-order valence-corrected chi connectivity index (χ1v) is 5.75. The molecule has 0 atom stereocenters. The molecule has 0 radical (unpaired) electrons. The van der Waals surface area contributed by atoms with Gasteiger partial charge in [-0.15, -0.1) is 0 Å². The van der Waals surface area contributed by atoms with Gasteiger partial charge in [0.15, 0.2) is 0 Å². The van der Waals surface area contributed by atoms with Crippen molar-refractivity contribution < 1.29 is 9.63 Å². The highest BCUT2D eigenvalue weighted by molar-refractivity contribution is 5.68. The lowest BCUT2D eigenvalue weighted by atomic mass is 9.86. The number of hydrogen-bond acceptors (Lipinski definition) is 3. The van der Waals surface area contributed by atoms with Crippen LogP contribution in [0.1, 0.15) is 51.9 Å². The van der Waals surface area contributed by atoms with Gasteiger partial charge in [-0.1, -0.05) is 32.1 Å². The smallest absolute Gasteiger partial charge is 0.324 e. The molecule has 82 valence electrons. The van der Waals surface area contributed by atoms with Crippen LogP contribution in [0, 0.1) is 5.92 Å². The van der Waals surface area contributed by atoms with E-state index in [1.54, 1.807) is 0 Å². The number of carbonyl (C=O) groups is 1. The molecule has 1 rings (SSSR count). The second-order valence-electron chi connectivity index (χ2n) is 4.01. The van der Waals surface area contributed by atoms with E-state index in [4.69, 9.17) is 4.84 Å². The van der Waals surface area contributed by atoms with Crippen LogP contribution in [0.3, 0.4) is 0 Å². The Bertz CT molecular complexity index is 165. The van der Waals surface area contributed by atoms with Crippen molar-refractivity contribution in [3.8, 4) is 0 Å². The maximum atomic E-state index is 11.2. The standard InChI is InChI=1S/C11H21NO2/c1-2-12-14-11(13)9-8-10-6-4-3-5-7-10/h10,12H,2-9H2,1H3. The summed E-state index contributed by atoms with van der Waals surface area (Å²) in [5.41, 5.74) is 2.59. The zero-order valence-electron chi connectivity index (χ0n) is 9.05. The number of rotatable bonds is 5. The fourth-order valence-electron chi connectivity index (χ4n) is 2.00. The number of hydroxylamine groups is 1. The van der Waals surface area contributed by atoms with Crippen LogP contribution in [-0.2, 0) is 9.63 Å². The summed E-state index contributed by atoms with van der Waals surface area (Å²) in [5, 5.41) is 0. The van der Waals surface area contributed by atoms with Crippen LogP contribution in [0.5, 0.6) is 0 Å². The van der Waals surface area contributed by atoms with Gasteiger partial charge in [0, 0.05) is 13.0 Å². The summed E-state index contributed by atoms with van der Waals surface area (Å²) in [6.45, 7) is 2.59. The molecule has 0 heterocycles. The highest BCUT2D eigenvalue weighted by Crippen LogP contribution is 2.27. The summed E-state index contributed by atoms with van der Waals surface area (Å²) in [6.07, 6.45) is 8.23. The van der Waals surface area contributed by atoms with Crippen LogP contribution in [0.25, 0.3) is 0 Å². The van der Waals surface area contributed by atoms with Crippen molar-refractivity contribution in [2.24, 2.45) is 5.92 Å². The highest BCUT2D eigenvalue weighted by Gasteiger charge is 2.15. The van der Waals surface area contributed by atoms with E-state index in [-0.39, 0.29) is 5.97 Å². The zero-order chi connectivity index (χ0) is 10.2. The van der Waals surface area contributed by atoms with Crippen molar-refractivity contribution >= 4 is 5.97 Å². The maximum Gasteiger partial charge on any atom is 0.324 e. The fourth-order valence-corrected chi connectivity index (χ4v) is 2.00. The van der Waals surface area contributed by atoms with E-state index in [9.17, 15) is 4.79 Å². The molecule has 1 aliphatic carbocycles. The Hall–Kier alpha value is -0.570. The average Bonchev–Trinajstić information content (AvgIpc) is 2.25. The van der Waals surface area contributed by atoms with Gasteiger partial charge in [0.05, 0.1) is 0 Å². The molecule has 14 heavy (non-hydrogen) atoms. The monoisotopic (exact) mass is 199 g/mol. The summed E-state index contributed by atoms with van der Waals surface area (Å²) < 4.78 is 0. The highest BCUT2D eigenvalue weighted by atomic mass is 16.7. The molecule has 1 aliphatic rings. The van der Waals surface area contributed by atoms with Crippen molar-refractivity contribution in [1.82, 2.24) is 5.48 Å². The van der Waals surface area contributed by atoms with Crippen LogP contribution < -0.4 is 5.48 Å². The minimum Gasteiger partial charge on any atom is -0.371 e. The summed E-state index contributed by atoms with van der Waals surface area (Å²) >= 11 is 0. The molecule has 1 saturated carbocycles. The van der Waals surface area contributed by atoms with Crippen LogP contribution in [0.2, 0.25) is 0 Å². The molecule has 0 unspecified atom stereocenters. The van der Waals surface area contributed by atoms with Crippen molar-refractivity contribution in [2.75, 3.05) is 6.54 Å². The lowest BCUT2D eigenvalue weighted by Gasteiger charge is -2.20. The Balaban J connectivity index is 2.03. The number of carbonyl (C=O) groups excluding carboxylic acids is 1. The SMILES string of the molecule is CCNOC(=O)CCC1CCCCC1. The van der Waals surface area contributed by atoms with E-state index in [2.05, 4.69) is 5.48 Å². The Morgan fingerprint density at radius 1 is 1.36 bits per heavy atom. The predicted molar refractivity (Wildman–Crippen MR) is 55.6 cm³/mol. The molecule has 0 saturated heterocycles. The largest absolute Gasteiger partial charge is 0.371 e. The predicted octanol–water partition coefficient (Wildman–Crippen LogP) is 2.41. The van der Waals surface area contributed by atoms with Crippen LogP contribution in [-0.4, -0.2) is 12.5 Å². The summed E-state index contributed by atoms with van der Waals surface area (Å²) in [5.74, 6) is 0.648. The molecule has 0 aromatic rings. The molecule has 1 fully saturated rings. The van der Waals surface area contributed by atoms with Gasteiger partial charge in [0.2, 0.25) is 0 Å². The van der Waals surface area contributed by atoms with E-state index in [1.807, 2.05) is 6.92 Å². The fraction of sp³-hybridized carbons (Fsp3) is 0.909. The molecule has 0 aromatic heterocycles. The topological polar surface area (TPSA) is 38.3 Å². The molecular weight excluding hydrogens is 178 g/mol. The van der Waals surface area contributed by atoms with Gasteiger partial charge in [0.1, 0.15) is 0 Å². The van der Waals surface area contributed by atoms with Gasteiger partial charge in [-0.05, 0) is 19.3 Å². The van der Waals surface area contributed by atoms with Crippen LogP contribution in [0.15, 0.2) is 0 Å². The Kier molecular flexibility index (Phi) is 5.60. The van der Waals surface area contributed by atoms with Gasteiger partial charge in [-0.3, -0.25) is 4.79 Å². The second-order valence-corrected chi connectivity index (χ2v) is 4.01. The third-order valence-corrected chi connectivity index (χ3v) is 2.81. The Morgan fingerprint density at radius 3 is 2.71 bits per heavy atom.